The summed E-state index contributed by atoms with van der Waals surface area (Å²) in [5.41, 5.74) is -1.13. The van der Waals surface area contributed by atoms with Crippen LogP contribution in [-0.4, -0.2) is 122 Å². The van der Waals surface area contributed by atoms with Crippen LogP contribution in [0.1, 0.15) is 63.1 Å². The van der Waals surface area contributed by atoms with Gasteiger partial charge in [-0.05, 0) is 59.3 Å². The number of hydrogen-bond acceptors (Lipinski definition) is 13. The van der Waals surface area contributed by atoms with Crippen molar-refractivity contribution in [2.45, 2.75) is 107 Å². The molecule has 7 N–H and O–H groups in total. The van der Waals surface area contributed by atoms with Crippen molar-refractivity contribution in [1.29, 1.82) is 0 Å². The molecule has 2 amide bonds. The SMILES string of the molecule is Cc1ccc(CO)c2c1[C@]13CCN(C)[C@H](C)[C@]1(OC(=O)C[C@H](NC(=O)[C@H](C)O)C(=O)O)CC=C(OC(=O)C[C@H](NC(=O)[C@H](C)O)C(=O)O)[C@@H]3O2. The maximum absolute atomic E-state index is 13.8. The molecule has 1 fully saturated rings. The van der Waals surface area contributed by atoms with Crippen molar-refractivity contribution in [3.63, 3.8) is 0 Å². The topological polar surface area (TPSA) is 259 Å². The number of aliphatic hydroxyl groups excluding tert-OH is 3. The molecule has 0 unspecified atom stereocenters. The summed E-state index contributed by atoms with van der Waals surface area (Å²) >= 11 is 0. The van der Waals surface area contributed by atoms with E-state index in [0.717, 1.165) is 13.8 Å². The number of carbonyl (C=O) groups excluding carboxylic acids is 4. The van der Waals surface area contributed by atoms with Crippen molar-refractivity contribution >= 4 is 35.7 Å². The average Bonchev–Trinajstić information content (AvgIpc) is 3.40. The van der Waals surface area contributed by atoms with E-state index in [9.17, 15) is 54.3 Å². The number of rotatable bonds is 13. The summed E-state index contributed by atoms with van der Waals surface area (Å²) in [6, 6.07) is -0.600. The first kappa shape index (κ1) is 38.2. The molecular formula is C33H43N3O14. The summed E-state index contributed by atoms with van der Waals surface area (Å²) in [7, 11) is 1.81. The van der Waals surface area contributed by atoms with E-state index in [4.69, 9.17) is 14.2 Å². The normalized spacial score (nSPS) is 26.3. The second kappa shape index (κ2) is 14.7. The van der Waals surface area contributed by atoms with Gasteiger partial charge >= 0.3 is 23.9 Å². The van der Waals surface area contributed by atoms with Gasteiger partial charge in [0, 0.05) is 23.6 Å². The van der Waals surface area contributed by atoms with Crippen LogP contribution in [0.5, 0.6) is 5.75 Å². The van der Waals surface area contributed by atoms with Crippen molar-refractivity contribution in [3.8, 4) is 5.75 Å². The summed E-state index contributed by atoms with van der Waals surface area (Å²) in [5.74, 6) is -6.88. The van der Waals surface area contributed by atoms with E-state index >= 15 is 0 Å². The minimum Gasteiger partial charge on any atom is -0.481 e. The molecule has 1 spiro atoms. The molecule has 2 aliphatic heterocycles. The number of esters is 2. The Morgan fingerprint density at radius 2 is 1.54 bits per heavy atom. The van der Waals surface area contributed by atoms with Gasteiger partial charge in [0.2, 0.25) is 11.8 Å². The maximum Gasteiger partial charge on any atom is 0.326 e. The number of carboxylic acid groups (broad SMARTS) is 2. The smallest absolute Gasteiger partial charge is 0.326 e. The second-order valence-electron chi connectivity index (χ2n) is 13.0. The molecule has 1 aliphatic carbocycles. The molecule has 2 heterocycles. The number of carboxylic acids is 2. The highest BCUT2D eigenvalue weighted by Crippen LogP contribution is 2.63. The highest BCUT2D eigenvalue weighted by atomic mass is 16.6. The molecule has 4 rings (SSSR count). The van der Waals surface area contributed by atoms with E-state index in [1.807, 2.05) is 18.9 Å². The van der Waals surface area contributed by atoms with Gasteiger partial charge in [-0.3, -0.25) is 24.1 Å². The Balaban J connectivity index is 1.79. The first-order valence-electron chi connectivity index (χ1n) is 16.1. The number of ether oxygens (including phenoxy) is 3. The highest BCUT2D eigenvalue weighted by Gasteiger charge is 2.71. The average molecular weight is 706 g/mol. The van der Waals surface area contributed by atoms with Gasteiger partial charge in [-0.25, -0.2) is 9.59 Å². The Kier molecular flexibility index (Phi) is 11.3. The molecule has 0 radical (unpaired) electrons. The number of benzene rings is 1. The van der Waals surface area contributed by atoms with Crippen molar-refractivity contribution in [2.75, 3.05) is 13.6 Å². The Labute approximate surface area is 287 Å². The fraction of sp³-hybridized carbons (Fsp3) is 0.576. The summed E-state index contributed by atoms with van der Waals surface area (Å²) in [6.45, 7) is 5.88. The molecule has 274 valence electrons. The van der Waals surface area contributed by atoms with Crippen molar-refractivity contribution in [3.05, 3.63) is 40.7 Å². The predicted molar refractivity (Wildman–Crippen MR) is 169 cm³/mol. The lowest BCUT2D eigenvalue weighted by Crippen LogP contribution is -2.73. The molecule has 0 aromatic heterocycles. The zero-order valence-electron chi connectivity index (χ0n) is 28.3. The Morgan fingerprint density at radius 3 is 2.06 bits per heavy atom. The molecule has 8 atom stereocenters. The van der Waals surface area contributed by atoms with Gasteiger partial charge in [-0.2, -0.15) is 0 Å². The standard InChI is InChI=1S/C33H43N3O14/c1-15-6-7-19(14-37)26-25(15)32-10-11-36(5)18(4)33(32,50-24(41)13-21(31(46)47)35-29(43)17(3)39)9-8-22(27(32)49-26)48-23(40)12-20(30(44)45)34-28(42)16(2)38/h6-8,16-18,20-21,27,37-39H,9-14H2,1-5H3,(H,34,42)(H,35,43)(H,44,45)(H,46,47)/t16-,17-,18+,20-,21-,27-,32-,33+/m0/s1. The Bertz CT molecular complexity index is 1590. The third kappa shape index (κ3) is 6.90. The van der Waals surface area contributed by atoms with Gasteiger partial charge in [0.25, 0.3) is 0 Å². The van der Waals surface area contributed by atoms with E-state index in [1.54, 1.807) is 19.1 Å². The first-order valence-corrected chi connectivity index (χ1v) is 16.1. The van der Waals surface area contributed by atoms with Crippen molar-refractivity contribution in [1.82, 2.24) is 15.5 Å². The maximum atomic E-state index is 13.8. The van der Waals surface area contributed by atoms with E-state index in [1.165, 1.54) is 6.08 Å². The van der Waals surface area contributed by atoms with Gasteiger partial charge < -0.3 is 50.4 Å². The van der Waals surface area contributed by atoms with Crippen LogP contribution in [0.4, 0.5) is 0 Å². The summed E-state index contributed by atoms with van der Waals surface area (Å²) in [6.07, 6.45) is -4.21. The predicted octanol–water partition coefficient (Wildman–Crippen LogP) is -0.996. The largest absolute Gasteiger partial charge is 0.481 e. The Hall–Kier alpha value is -4.58. The van der Waals surface area contributed by atoms with E-state index in [2.05, 4.69) is 10.6 Å². The van der Waals surface area contributed by atoms with Crippen LogP contribution in [0.3, 0.4) is 0 Å². The zero-order valence-corrected chi connectivity index (χ0v) is 28.3. The van der Waals surface area contributed by atoms with Gasteiger partial charge in [0.1, 0.15) is 41.4 Å². The van der Waals surface area contributed by atoms with Gasteiger partial charge in [0.15, 0.2) is 6.10 Å². The van der Waals surface area contributed by atoms with Crippen molar-refractivity contribution in [2.24, 2.45) is 0 Å². The van der Waals surface area contributed by atoms with E-state index in [-0.39, 0.29) is 24.4 Å². The molecule has 0 saturated carbocycles. The lowest BCUT2D eigenvalue weighted by molar-refractivity contribution is -0.202. The minimum atomic E-state index is -1.73. The zero-order chi connectivity index (χ0) is 37.3. The lowest BCUT2D eigenvalue weighted by Gasteiger charge is -2.59. The number of aliphatic hydroxyl groups is 3. The quantitative estimate of drug-likeness (QED) is 0.122. The molecule has 1 aromatic rings. The molecule has 0 bridgehead atoms. The second-order valence-corrected chi connectivity index (χ2v) is 13.0. The minimum absolute atomic E-state index is 0.0310. The molecule has 3 aliphatic rings. The number of nitrogens with one attached hydrogen (secondary N) is 2. The fourth-order valence-corrected chi connectivity index (χ4v) is 7.13. The van der Waals surface area contributed by atoms with Gasteiger partial charge in [-0.15, -0.1) is 0 Å². The van der Waals surface area contributed by atoms with Crippen molar-refractivity contribution < 1.29 is 68.5 Å². The van der Waals surface area contributed by atoms with Crippen LogP contribution in [0.25, 0.3) is 0 Å². The van der Waals surface area contributed by atoms with E-state index in [0.29, 0.717) is 23.2 Å². The molecular weight excluding hydrogens is 662 g/mol. The lowest BCUT2D eigenvalue weighted by atomic mass is 9.53. The van der Waals surface area contributed by atoms with Gasteiger partial charge in [0.05, 0.1) is 24.9 Å². The van der Waals surface area contributed by atoms with Crippen LogP contribution in [0.15, 0.2) is 24.0 Å². The number of fused-ring (bicyclic) bond motifs is 1. The molecule has 1 saturated heterocycles. The number of carbonyl (C=O) groups is 6. The number of aryl methyl sites for hydroxylation is 1. The summed E-state index contributed by atoms with van der Waals surface area (Å²) < 4.78 is 18.6. The number of likely N-dealkylation sites (N-methyl/N-ethyl adjacent to an activating group) is 1. The van der Waals surface area contributed by atoms with Crippen LogP contribution >= 0.6 is 0 Å². The molecule has 17 nitrogen and oxygen atoms in total. The van der Waals surface area contributed by atoms with Crippen LogP contribution in [0.2, 0.25) is 0 Å². The number of piperidine rings is 1. The fourth-order valence-electron chi connectivity index (χ4n) is 7.13. The van der Waals surface area contributed by atoms with E-state index < -0.39 is 103 Å². The van der Waals surface area contributed by atoms with Crippen LogP contribution in [0, 0.1) is 6.92 Å². The number of hydrogen-bond donors (Lipinski definition) is 7. The summed E-state index contributed by atoms with van der Waals surface area (Å²) in [4.78, 5) is 76.9. The van der Waals surface area contributed by atoms with Gasteiger partial charge in [-0.1, -0.05) is 12.1 Å². The molecule has 50 heavy (non-hydrogen) atoms. The van der Waals surface area contributed by atoms with Crippen LogP contribution < -0.4 is 15.4 Å². The first-order chi connectivity index (χ1) is 23.4. The number of likely N-dealkylation sites (tertiary alicyclic amines) is 1. The monoisotopic (exact) mass is 705 g/mol. The molecule has 17 heteroatoms. The summed E-state index contributed by atoms with van der Waals surface area (Å²) in [5, 5.41) is 53.0. The van der Waals surface area contributed by atoms with Crippen LogP contribution in [-0.2, 0) is 50.3 Å². The third-order valence-electron chi connectivity index (χ3n) is 9.82. The number of nitrogens with zero attached hydrogens (tertiary/aromatic N) is 1. The molecule has 1 aromatic carbocycles. The third-order valence-corrected chi connectivity index (χ3v) is 9.82. The Morgan fingerprint density at radius 1 is 0.980 bits per heavy atom. The highest BCUT2D eigenvalue weighted by molar-refractivity contribution is 5.90. The number of amides is 2. The number of aliphatic carboxylic acids is 2.